The highest BCUT2D eigenvalue weighted by molar-refractivity contribution is 7.98. The fourth-order valence-corrected chi connectivity index (χ4v) is 1.91. The average Bonchev–Trinajstić information content (AvgIpc) is 2.39. The molecule has 0 fully saturated rings. The number of urea groups is 1. The summed E-state index contributed by atoms with van der Waals surface area (Å²) in [6.45, 7) is 0. The monoisotopic (exact) mass is 260 g/mol. The number of amides is 2. The molecule has 0 unspecified atom stereocenters. The van der Waals surface area contributed by atoms with E-state index in [0.29, 0.717) is 5.75 Å². The molecule has 3 N–H and O–H groups in total. The molecule has 0 atom stereocenters. The molecule has 2 rings (SSSR count). The largest absolute Gasteiger partial charge is 0.456 e. The third-order valence-corrected chi connectivity index (χ3v) is 2.94. The molecule has 18 heavy (non-hydrogen) atoms. The Balaban J connectivity index is 2.14. The van der Waals surface area contributed by atoms with Crippen molar-refractivity contribution in [2.75, 3.05) is 0 Å². The van der Waals surface area contributed by atoms with Gasteiger partial charge in [0.1, 0.15) is 11.5 Å². The number of carbonyl (C=O) groups excluding carboxylic acids is 1. The van der Waals surface area contributed by atoms with Crippen molar-refractivity contribution < 1.29 is 9.53 Å². The molecule has 5 heteroatoms. The summed E-state index contributed by atoms with van der Waals surface area (Å²) in [6, 6.07) is 16.3. The maximum absolute atomic E-state index is 10.7. The van der Waals surface area contributed by atoms with Gasteiger partial charge < -0.3 is 10.5 Å². The van der Waals surface area contributed by atoms with E-state index >= 15 is 0 Å². The molecule has 2 aromatic carbocycles. The molecule has 0 radical (unpaired) electrons. The van der Waals surface area contributed by atoms with E-state index in [2.05, 4.69) is 4.72 Å². The second-order valence-electron chi connectivity index (χ2n) is 3.43. The van der Waals surface area contributed by atoms with Gasteiger partial charge in [-0.05, 0) is 36.2 Å². The van der Waals surface area contributed by atoms with Gasteiger partial charge in [-0.2, -0.15) is 0 Å². The molecular weight excluding hydrogens is 248 g/mol. The van der Waals surface area contributed by atoms with Crippen LogP contribution in [0.1, 0.15) is 0 Å². The van der Waals surface area contributed by atoms with E-state index in [1.807, 2.05) is 54.6 Å². The van der Waals surface area contributed by atoms with Gasteiger partial charge in [0.25, 0.3) is 0 Å². The van der Waals surface area contributed by atoms with Crippen molar-refractivity contribution in [3.63, 3.8) is 0 Å². The summed E-state index contributed by atoms with van der Waals surface area (Å²) in [4.78, 5) is 11.5. The standard InChI is InChI=1S/C13H12N2O2S/c14-13(16)15-18-12-9-5-4-8-11(12)17-10-6-2-1-3-7-10/h1-9H,(H3,14,15,16). The first-order chi connectivity index (χ1) is 8.75. The van der Waals surface area contributed by atoms with E-state index in [-0.39, 0.29) is 0 Å². The highest BCUT2D eigenvalue weighted by Gasteiger charge is 2.05. The van der Waals surface area contributed by atoms with Crippen LogP contribution in [0.25, 0.3) is 0 Å². The zero-order chi connectivity index (χ0) is 12.8. The summed E-state index contributed by atoms with van der Waals surface area (Å²) in [6.07, 6.45) is 0. The van der Waals surface area contributed by atoms with Crippen molar-refractivity contribution in [1.29, 1.82) is 0 Å². The Hall–Kier alpha value is -2.14. The van der Waals surface area contributed by atoms with Crippen LogP contribution in [0.3, 0.4) is 0 Å². The summed E-state index contributed by atoms with van der Waals surface area (Å²) >= 11 is 1.12. The lowest BCUT2D eigenvalue weighted by atomic mass is 10.3. The van der Waals surface area contributed by atoms with E-state index in [1.165, 1.54) is 0 Å². The van der Waals surface area contributed by atoms with Crippen LogP contribution < -0.4 is 15.2 Å². The number of nitrogens with two attached hydrogens (primary N) is 1. The number of carbonyl (C=O) groups is 1. The minimum Gasteiger partial charge on any atom is -0.456 e. The predicted octanol–water partition coefficient (Wildman–Crippen LogP) is 3.15. The van der Waals surface area contributed by atoms with Gasteiger partial charge in [0.15, 0.2) is 0 Å². The van der Waals surface area contributed by atoms with E-state index in [9.17, 15) is 4.79 Å². The Labute approximate surface area is 109 Å². The van der Waals surface area contributed by atoms with Gasteiger partial charge in [0, 0.05) is 0 Å². The minimum atomic E-state index is -0.588. The highest BCUT2D eigenvalue weighted by atomic mass is 32.2. The van der Waals surface area contributed by atoms with E-state index in [0.717, 1.165) is 22.6 Å². The molecule has 0 aliphatic rings. The molecule has 0 heterocycles. The predicted molar refractivity (Wildman–Crippen MR) is 71.5 cm³/mol. The first kappa shape index (κ1) is 12.3. The Morgan fingerprint density at radius 1 is 1.06 bits per heavy atom. The number of rotatable bonds is 4. The third kappa shape index (κ3) is 3.43. The molecule has 2 amide bonds. The van der Waals surface area contributed by atoms with E-state index in [4.69, 9.17) is 10.5 Å². The number of hydrogen-bond donors (Lipinski definition) is 2. The van der Waals surface area contributed by atoms with Gasteiger partial charge in [0.05, 0.1) is 4.90 Å². The number of ether oxygens (including phenoxy) is 1. The summed E-state index contributed by atoms with van der Waals surface area (Å²) < 4.78 is 8.19. The SMILES string of the molecule is NC(=O)NSc1ccccc1Oc1ccccc1. The lowest BCUT2D eigenvalue weighted by Gasteiger charge is -2.10. The van der Waals surface area contributed by atoms with Gasteiger partial charge in [-0.3, -0.25) is 4.72 Å². The van der Waals surface area contributed by atoms with Crippen LogP contribution in [-0.4, -0.2) is 6.03 Å². The Morgan fingerprint density at radius 3 is 2.44 bits per heavy atom. The molecule has 0 aromatic heterocycles. The summed E-state index contributed by atoms with van der Waals surface area (Å²) in [5.41, 5.74) is 5.03. The van der Waals surface area contributed by atoms with Crippen LogP contribution in [0.2, 0.25) is 0 Å². The third-order valence-electron chi connectivity index (χ3n) is 2.08. The van der Waals surface area contributed by atoms with Crippen molar-refractivity contribution in [3.05, 3.63) is 54.6 Å². The number of benzene rings is 2. The molecular formula is C13H12N2O2S. The topological polar surface area (TPSA) is 64.4 Å². The molecule has 92 valence electrons. The van der Waals surface area contributed by atoms with Gasteiger partial charge in [-0.25, -0.2) is 4.79 Å². The molecule has 0 aliphatic carbocycles. The van der Waals surface area contributed by atoms with Crippen molar-refractivity contribution in [1.82, 2.24) is 4.72 Å². The number of primary amides is 1. The van der Waals surface area contributed by atoms with Crippen molar-refractivity contribution in [2.45, 2.75) is 4.90 Å². The number of para-hydroxylation sites is 2. The van der Waals surface area contributed by atoms with Gasteiger partial charge in [-0.1, -0.05) is 30.3 Å². The van der Waals surface area contributed by atoms with Gasteiger partial charge >= 0.3 is 6.03 Å². The van der Waals surface area contributed by atoms with Gasteiger partial charge in [0.2, 0.25) is 0 Å². The molecule has 0 bridgehead atoms. The van der Waals surface area contributed by atoms with Crippen LogP contribution in [0, 0.1) is 0 Å². The summed E-state index contributed by atoms with van der Waals surface area (Å²) in [5, 5.41) is 0. The zero-order valence-corrected chi connectivity index (χ0v) is 10.3. The fraction of sp³-hybridized carbons (Fsp3) is 0. The second kappa shape index (κ2) is 5.97. The second-order valence-corrected chi connectivity index (χ2v) is 4.28. The highest BCUT2D eigenvalue weighted by Crippen LogP contribution is 2.30. The molecule has 4 nitrogen and oxygen atoms in total. The van der Waals surface area contributed by atoms with Crippen LogP contribution in [-0.2, 0) is 0 Å². The molecule has 0 saturated heterocycles. The van der Waals surface area contributed by atoms with E-state index < -0.39 is 6.03 Å². The molecule has 0 spiro atoms. The summed E-state index contributed by atoms with van der Waals surface area (Å²) in [5.74, 6) is 1.41. The van der Waals surface area contributed by atoms with Gasteiger partial charge in [-0.15, -0.1) is 0 Å². The lowest BCUT2D eigenvalue weighted by molar-refractivity contribution is 0.254. The quantitative estimate of drug-likeness (QED) is 0.830. The Bertz CT molecular complexity index is 532. The maximum atomic E-state index is 10.7. The Morgan fingerprint density at radius 2 is 1.72 bits per heavy atom. The maximum Gasteiger partial charge on any atom is 0.322 e. The minimum absolute atomic E-state index is 0.588. The van der Waals surface area contributed by atoms with Crippen molar-refractivity contribution in [3.8, 4) is 11.5 Å². The average molecular weight is 260 g/mol. The molecule has 0 aliphatic heterocycles. The molecule has 2 aromatic rings. The Kier molecular flexibility index (Phi) is 4.09. The number of hydrogen-bond acceptors (Lipinski definition) is 3. The smallest absolute Gasteiger partial charge is 0.322 e. The normalized spacial score (nSPS) is 9.78. The van der Waals surface area contributed by atoms with E-state index in [1.54, 1.807) is 0 Å². The van der Waals surface area contributed by atoms with Crippen LogP contribution >= 0.6 is 11.9 Å². The van der Waals surface area contributed by atoms with Crippen LogP contribution in [0.5, 0.6) is 11.5 Å². The van der Waals surface area contributed by atoms with Crippen LogP contribution in [0.15, 0.2) is 59.5 Å². The fourth-order valence-electron chi connectivity index (χ4n) is 1.34. The zero-order valence-electron chi connectivity index (χ0n) is 9.50. The number of nitrogens with one attached hydrogen (secondary N) is 1. The summed E-state index contributed by atoms with van der Waals surface area (Å²) in [7, 11) is 0. The molecule has 0 saturated carbocycles. The van der Waals surface area contributed by atoms with Crippen LogP contribution in [0.4, 0.5) is 4.79 Å². The first-order valence-electron chi connectivity index (χ1n) is 5.30. The van der Waals surface area contributed by atoms with Crippen molar-refractivity contribution in [2.24, 2.45) is 5.73 Å². The first-order valence-corrected chi connectivity index (χ1v) is 6.11. The lowest BCUT2D eigenvalue weighted by Crippen LogP contribution is -2.22. The van der Waals surface area contributed by atoms with Crippen molar-refractivity contribution >= 4 is 18.0 Å².